The van der Waals surface area contributed by atoms with Crippen LogP contribution >= 0.6 is 11.5 Å². The Morgan fingerprint density at radius 2 is 2.39 bits per heavy atom. The van der Waals surface area contributed by atoms with Crippen LogP contribution in [0.5, 0.6) is 5.75 Å². The summed E-state index contributed by atoms with van der Waals surface area (Å²) in [7, 11) is 0. The maximum absolute atomic E-state index is 5.77. The van der Waals surface area contributed by atoms with Crippen molar-refractivity contribution in [2.45, 2.75) is 32.8 Å². The van der Waals surface area contributed by atoms with E-state index >= 15 is 0 Å². The number of nitrogen functional groups attached to an aromatic ring is 1. The van der Waals surface area contributed by atoms with Crippen molar-refractivity contribution in [3.05, 3.63) is 0 Å². The Balaban J connectivity index is 1.93. The summed E-state index contributed by atoms with van der Waals surface area (Å²) in [5.41, 5.74) is 5.77. The lowest BCUT2D eigenvalue weighted by molar-refractivity contribution is 0.0900. The molecule has 0 aromatic carbocycles. The average Bonchev–Trinajstić information content (AvgIpc) is 2.96. The highest BCUT2D eigenvalue weighted by atomic mass is 32.1. The van der Waals surface area contributed by atoms with E-state index in [0.29, 0.717) is 30.2 Å². The van der Waals surface area contributed by atoms with Crippen molar-refractivity contribution in [3.63, 3.8) is 0 Å². The summed E-state index contributed by atoms with van der Waals surface area (Å²) in [6.07, 6.45) is 2.55. The van der Waals surface area contributed by atoms with Gasteiger partial charge in [-0.3, -0.25) is 0 Å². The summed E-state index contributed by atoms with van der Waals surface area (Å²) < 4.78 is 15.3. The second-order valence-electron chi connectivity index (χ2n) is 4.41. The highest BCUT2D eigenvalue weighted by Crippen LogP contribution is 2.35. The molecule has 0 bridgehead atoms. The maximum atomic E-state index is 5.77. The molecule has 1 aromatic heterocycles. The minimum Gasteiger partial charge on any atom is -0.487 e. The zero-order valence-corrected chi connectivity index (χ0v) is 11.8. The average molecular weight is 271 g/mol. The summed E-state index contributed by atoms with van der Waals surface area (Å²) in [4.78, 5) is 0. The van der Waals surface area contributed by atoms with E-state index in [-0.39, 0.29) is 0 Å². The summed E-state index contributed by atoms with van der Waals surface area (Å²) >= 11 is 1.36. The fourth-order valence-corrected chi connectivity index (χ4v) is 2.96. The summed E-state index contributed by atoms with van der Waals surface area (Å²) in [5.74, 6) is 1.72. The first-order valence-electron chi connectivity index (χ1n) is 6.49. The minimum atomic E-state index is 0.373. The highest BCUT2D eigenvalue weighted by Gasteiger charge is 2.27. The van der Waals surface area contributed by atoms with Crippen molar-refractivity contribution in [1.29, 1.82) is 0 Å². The van der Waals surface area contributed by atoms with Gasteiger partial charge in [-0.1, -0.05) is 6.92 Å². The summed E-state index contributed by atoms with van der Waals surface area (Å²) in [6.45, 7) is 6.47. The van der Waals surface area contributed by atoms with Gasteiger partial charge in [0.2, 0.25) is 0 Å². The van der Waals surface area contributed by atoms with Crippen molar-refractivity contribution >= 4 is 22.4 Å². The molecule has 1 aromatic rings. The molecule has 1 aliphatic rings. The second kappa shape index (κ2) is 6.24. The van der Waals surface area contributed by atoms with Gasteiger partial charge in [-0.15, -0.1) is 0 Å². The van der Waals surface area contributed by atoms with Gasteiger partial charge in [-0.25, -0.2) is 0 Å². The molecule has 6 heteroatoms. The number of rotatable bonds is 6. The van der Waals surface area contributed by atoms with E-state index in [9.17, 15) is 0 Å². The van der Waals surface area contributed by atoms with Crippen LogP contribution in [0.2, 0.25) is 0 Å². The lowest BCUT2D eigenvalue weighted by atomic mass is 10.00. The molecule has 5 nitrogen and oxygen atoms in total. The van der Waals surface area contributed by atoms with E-state index in [4.69, 9.17) is 15.2 Å². The number of nitrogens with zero attached hydrogens (tertiary/aromatic N) is 1. The molecule has 1 fully saturated rings. The SMILES string of the molecule is CCOc1c(N)nsc1NCC1CCOC1CC. The summed E-state index contributed by atoms with van der Waals surface area (Å²) in [6, 6.07) is 0. The van der Waals surface area contributed by atoms with Crippen LogP contribution in [-0.4, -0.2) is 30.2 Å². The molecule has 2 heterocycles. The Bertz CT molecular complexity index is 383. The van der Waals surface area contributed by atoms with Gasteiger partial charge in [0.15, 0.2) is 16.6 Å². The van der Waals surface area contributed by atoms with Crippen LogP contribution in [0.15, 0.2) is 0 Å². The molecule has 2 unspecified atom stereocenters. The van der Waals surface area contributed by atoms with Crippen LogP contribution in [0, 0.1) is 5.92 Å². The molecule has 18 heavy (non-hydrogen) atoms. The monoisotopic (exact) mass is 271 g/mol. The van der Waals surface area contributed by atoms with E-state index in [1.54, 1.807) is 0 Å². The zero-order valence-electron chi connectivity index (χ0n) is 10.9. The molecule has 0 spiro atoms. The first-order chi connectivity index (χ1) is 8.76. The number of nitrogens with one attached hydrogen (secondary N) is 1. The minimum absolute atomic E-state index is 0.373. The maximum Gasteiger partial charge on any atom is 0.197 e. The molecule has 102 valence electrons. The smallest absolute Gasteiger partial charge is 0.197 e. The Labute approximate surface area is 112 Å². The predicted octanol–water partition coefficient (Wildman–Crippen LogP) is 2.35. The molecule has 2 atom stereocenters. The molecular weight excluding hydrogens is 250 g/mol. The van der Waals surface area contributed by atoms with Gasteiger partial charge in [-0.2, -0.15) is 4.37 Å². The van der Waals surface area contributed by atoms with Gasteiger partial charge < -0.3 is 20.5 Å². The topological polar surface area (TPSA) is 69.4 Å². The van der Waals surface area contributed by atoms with Crippen LogP contribution < -0.4 is 15.8 Å². The van der Waals surface area contributed by atoms with Gasteiger partial charge in [0.25, 0.3) is 0 Å². The number of aromatic nitrogens is 1. The second-order valence-corrected chi connectivity index (χ2v) is 5.18. The third-order valence-electron chi connectivity index (χ3n) is 3.24. The fourth-order valence-electron chi connectivity index (χ4n) is 2.29. The van der Waals surface area contributed by atoms with Gasteiger partial charge in [-0.05, 0) is 31.3 Å². The van der Waals surface area contributed by atoms with E-state index < -0.39 is 0 Å². The largest absolute Gasteiger partial charge is 0.487 e. The normalized spacial score (nSPS) is 23.2. The third kappa shape index (κ3) is 2.87. The van der Waals surface area contributed by atoms with Crippen LogP contribution in [0.4, 0.5) is 10.8 Å². The lowest BCUT2D eigenvalue weighted by Crippen LogP contribution is -2.22. The highest BCUT2D eigenvalue weighted by molar-refractivity contribution is 7.11. The molecule has 2 rings (SSSR count). The number of ether oxygens (including phenoxy) is 2. The van der Waals surface area contributed by atoms with E-state index in [2.05, 4.69) is 16.6 Å². The predicted molar refractivity (Wildman–Crippen MR) is 74.3 cm³/mol. The molecule has 1 saturated heterocycles. The number of nitrogens with two attached hydrogens (primary N) is 1. The molecule has 3 N–H and O–H groups in total. The quantitative estimate of drug-likeness (QED) is 0.831. The Morgan fingerprint density at radius 1 is 1.56 bits per heavy atom. The van der Waals surface area contributed by atoms with Gasteiger partial charge >= 0.3 is 0 Å². The van der Waals surface area contributed by atoms with Crippen LogP contribution in [0.3, 0.4) is 0 Å². The Morgan fingerprint density at radius 3 is 3.11 bits per heavy atom. The molecule has 0 amide bonds. The molecule has 0 aliphatic carbocycles. The number of hydrogen-bond acceptors (Lipinski definition) is 6. The van der Waals surface area contributed by atoms with Crippen molar-refractivity contribution in [2.75, 3.05) is 30.8 Å². The standard InChI is InChI=1S/C12H21N3O2S/c1-3-9-8(5-6-17-9)7-14-12-10(16-4-2)11(13)15-18-12/h8-9,14H,3-7H2,1-2H3,(H2,13,15). The first kappa shape index (κ1) is 13.4. The number of anilines is 2. The van der Waals surface area contributed by atoms with E-state index in [0.717, 1.165) is 31.0 Å². The zero-order chi connectivity index (χ0) is 13.0. The van der Waals surface area contributed by atoms with Crippen LogP contribution in [0.1, 0.15) is 26.7 Å². The van der Waals surface area contributed by atoms with Crippen molar-refractivity contribution in [3.8, 4) is 5.75 Å². The molecule has 1 aliphatic heterocycles. The van der Waals surface area contributed by atoms with Gasteiger partial charge in [0, 0.05) is 19.1 Å². The number of hydrogen-bond donors (Lipinski definition) is 2. The fraction of sp³-hybridized carbons (Fsp3) is 0.750. The van der Waals surface area contributed by atoms with Crippen LogP contribution in [0.25, 0.3) is 0 Å². The van der Waals surface area contributed by atoms with Crippen LogP contribution in [-0.2, 0) is 4.74 Å². The van der Waals surface area contributed by atoms with E-state index in [1.807, 2.05) is 6.92 Å². The molecule has 0 radical (unpaired) electrons. The molecular formula is C12H21N3O2S. The van der Waals surface area contributed by atoms with E-state index in [1.165, 1.54) is 11.5 Å². The first-order valence-corrected chi connectivity index (χ1v) is 7.27. The Kier molecular flexibility index (Phi) is 4.66. The van der Waals surface area contributed by atoms with Crippen molar-refractivity contribution in [1.82, 2.24) is 4.37 Å². The third-order valence-corrected chi connectivity index (χ3v) is 4.04. The Hall–Kier alpha value is -1.01. The van der Waals surface area contributed by atoms with Gasteiger partial charge in [0.05, 0.1) is 12.7 Å². The van der Waals surface area contributed by atoms with Crippen molar-refractivity contribution in [2.24, 2.45) is 5.92 Å². The lowest BCUT2D eigenvalue weighted by Gasteiger charge is -2.17. The van der Waals surface area contributed by atoms with Crippen molar-refractivity contribution < 1.29 is 9.47 Å². The van der Waals surface area contributed by atoms with Gasteiger partial charge in [0.1, 0.15) is 0 Å². The summed E-state index contributed by atoms with van der Waals surface area (Å²) in [5, 5.41) is 4.32. The molecule has 0 saturated carbocycles.